The average Bonchev–Trinajstić information content (AvgIpc) is 4.00. The Kier molecular flexibility index (Phi) is 13.2. The van der Waals surface area contributed by atoms with Crippen LogP contribution in [0.15, 0.2) is 101 Å². The van der Waals surface area contributed by atoms with Crippen LogP contribution >= 0.6 is 34.3 Å². The fraction of sp³-hybridized carbons (Fsp3) is 0.286. The summed E-state index contributed by atoms with van der Waals surface area (Å²) in [5.74, 6) is 1.45. The van der Waals surface area contributed by atoms with Gasteiger partial charge in [-0.15, -0.1) is 32.9 Å². The Morgan fingerprint density at radius 3 is 2.45 bits per heavy atom. The van der Waals surface area contributed by atoms with E-state index < -0.39 is 12.0 Å². The van der Waals surface area contributed by atoms with E-state index in [2.05, 4.69) is 51.0 Å². The molecule has 2 amide bonds. The van der Waals surface area contributed by atoms with Crippen molar-refractivity contribution in [1.82, 2.24) is 34.9 Å². The van der Waals surface area contributed by atoms with Gasteiger partial charge in [-0.25, -0.2) is 4.98 Å². The van der Waals surface area contributed by atoms with Gasteiger partial charge in [0.15, 0.2) is 5.82 Å². The van der Waals surface area contributed by atoms with E-state index in [1.165, 1.54) is 16.2 Å². The first-order valence-corrected chi connectivity index (χ1v) is 23.6. The van der Waals surface area contributed by atoms with Crippen LogP contribution in [-0.2, 0) is 32.1 Å². The first-order chi connectivity index (χ1) is 31.6. The highest BCUT2D eigenvalue weighted by Gasteiger charge is 2.34. The molecule has 9 rings (SSSR count). The zero-order chi connectivity index (χ0) is 45.0. The van der Waals surface area contributed by atoms with Crippen molar-refractivity contribution in [2.75, 3.05) is 45.9 Å². The summed E-state index contributed by atoms with van der Waals surface area (Å²) in [6, 6.07) is 28.8. The maximum absolute atomic E-state index is 14.0. The van der Waals surface area contributed by atoms with E-state index in [0.29, 0.717) is 36.2 Å². The number of aliphatic imine (C=N–C) groups is 1. The molecule has 1 atom stereocenters. The molecule has 16 heteroatoms. The van der Waals surface area contributed by atoms with Crippen molar-refractivity contribution in [3.8, 4) is 21.3 Å². The Balaban J connectivity index is 0.766. The van der Waals surface area contributed by atoms with E-state index in [-0.39, 0.29) is 37.8 Å². The van der Waals surface area contributed by atoms with Gasteiger partial charge < -0.3 is 19.7 Å². The van der Waals surface area contributed by atoms with Crippen molar-refractivity contribution >= 4 is 68.5 Å². The highest BCUT2D eigenvalue weighted by atomic mass is 35.5. The molecule has 0 bridgehead atoms. The van der Waals surface area contributed by atoms with Crippen molar-refractivity contribution in [1.29, 1.82) is 0 Å². The lowest BCUT2D eigenvalue weighted by Crippen LogP contribution is -2.49. The van der Waals surface area contributed by atoms with Gasteiger partial charge in [0.05, 0.1) is 24.2 Å². The molecule has 2 aliphatic rings. The average molecular weight is 928 g/mol. The summed E-state index contributed by atoms with van der Waals surface area (Å²) in [4.78, 5) is 54.2. The zero-order valence-electron chi connectivity index (χ0n) is 36.3. The van der Waals surface area contributed by atoms with Gasteiger partial charge in [-0.1, -0.05) is 72.3 Å². The van der Waals surface area contributed by atoms with E-state index in [4.69, 9.17) is 31.1 Å². The minimum absolute atomic E-state index is 0.0411. The molecule has 0 unspecified atom stereocenters. The van der Waals surface area contributed by atoms with Crippen molar-refractivity contribution in [3.63, 3.8) is 0 Å². The number of benzene rings is 4. The Morgan fingerprint density at radius 1 is 0.877 bits per heavy atom. The molecule has 0 radical (unpaired) electrons. The molecule has 0 spiro atoms. The number of thiophene rings is 1. The van der Waals surface area contributed by atoms with E-state index in [9.17, 15) is 14.4 Å². The van der Waals surface area contributed by atoms with Crippen LogP contribution in [0, 0.1) is 20.8 Å². The number of carbonyl (C=O) groups is 3. The standard InChI is InChI=1S/C49H47ClN8O5S2/c1-30-31(2)65-49-45(30)46(35-11-14-38(50)15-12-35)53-41(47-55-54-32(3)58(47)49)26-43(60)57-19-17-56(18-20-57)21-22-62-40-16-13-34-9-10-36(23-37(34)24-40)48-52-39(29-64-48)25-42(59)51-27-44(61)63-28-33-7-5-4-6-8-33/h4-16,23-24,29,41H,17-22,25-28H2,1-3H3,(H,51,59)/t41-/m0/s1. The molecular formula is C49H47ClN8O5S2. The van der Waals surface area contributed by atoms with Gasteiger partial charge >= 0.3 is 5.97 Å². The molecule has 3 aromatic heterocycles. The molecule has 0 saturated carbocycles. The number of carbonyl (C=O) groups excluding carboxylic acids is 3. The predicted octanol–water partition coefficient (Wildman–Crippen LogP) is 8.09. The zero-order valence-corrected chi connectivity index (χ0v) is 38.6. The Morgan fingerprint density at radius 2 is 1.65 bits per heavy atom. The molecule has 4 aromatic carbocycles. The van der Waals surface area contributed by atoms with Crippen LogP contribution in [0.4, 0.5) is 0 Å². The number of aromatic nitrogens is 4. The van der Waals surface area contributed by atoms with E-state index in [0.717, 1.165) is 85.5 Å². The Labute approximate surface area is 389 Å². The number of thiazole rings is 1. The molecule has 1 N–H and O–H groups in total. The second-order valence-corrected chi connectivity index (χ2v) is 18.6. The Hall–Kier alpha value is -6.26. The quantitative estimate of drug-likeness (QED) is 0.107. The van der Waals surface area contributed by atoms with Crippen LogP contribution in [0.5, 0.6) is 5.75 Å². The van der Waals surface area contributed by atoms with Crippen molar-refractivity contribution in [3.05, 3.63) is 146 Å². The molecule has 2 aliphatic heterocycles. The third kappa shape index (κ3) is 10.0. The number of ether oxygens (including phenoxy) is 2. The highest BCUT2D eigenvalue weighted by molar-refractivity contribution is 7.15. The van der Waals surface area contributed by atoms with Gasteiger partial charge in [0.1, 0.15) is 47.4 Å². The third-order valence-corrected chi connectivity index (χ3v) is 14.1. The lowest BCUT2D eigenvalue weighted by Gasteiger charge is -2.35. The topological polar surface area (TPSA) is 144 Å². The summed E-state index contributed by atoms with van der Waals surface area (Å²) >= 11 is 9.44. The molecule has 7 aromatic rings. The number of piperazine rings is 1. The second-order valence-electron chi connectivity index (χ2n) is 16.1. The fourth-order valence-electron chi connectivity index (χ4n) is 8.10. The van der Waals surface area contributed by atoms with Crippen LogP contribution in [0.3, 0.4) is 0 Å². The number of halogens is 1. The van der Waals surface area contributed by atoms with Crippen molar-refractivity contribution < 1.29 is 23.9 Å². The number of hydrogen-bond acceptors (Lipinski definition) is 12. The second kappa shape index (κ2) is 19.5. The summed E-state index contributed by atoms with van der Waals surface area (Å²) in [6.07, 6.45) is 0.244. The summed E-state index contributed by atoms with van der Waals surface area (Å²) in [5.41, 5.74) is 6.42. The fourth-order valence-corrected chi connectivity index (χ4v) is 10.3. The molecule has 5 heterocycles. The van der Waals surface area contributed by atoms with Crippen LogP contribution < -0.4 is 10.1 Å². The number of aryl methyl sites for hydroxylation is 2. The number of esters is 1. The van der Waals surface area contributed by atoms with Crippen molar-refractivity contribution in [2.24, 2.45) is 4.99 Å². The monoisotopic (exact) mass is 926 g/mol. The first kappa shape index (κ1) is 44.0. The van der Waals surface area contributed by atoms with Crippen molar-refractivity contribution in [2.45, 2.75) is 46.3 Å². The minimum Gasteiger partial charge on any atom is -0.492 e. The lowest BCUT2D eigenvalue weighted by atomic mass is 9.99. The summed E-state index contributed by atoms with van der Waals surface area (Å²) in [6.45, 7) is 10.1. The SMILES string of the molecule is Cc1sc2c(c1C)C(c1ccc(Cl)cc1)=N[C@@H](CC(=O)N1CCN(CCOc3ccc4ccc(-c5nc(CC(=O)NCC(=O)OCc6ccccc6)cs5)cc4c3)CC1)c1nnc(C)n1-2. The van der Waals surface area contributed by atoms with E-state index in [1.54, 1.807) is 11.3 Å². The van der Waals surface area contributed by atoms with Crippen LogP contribution in [0.25, 0.3) is 26.3 Å². The molecule has 1 fully saturated rings. The summed E-state index contributed by atoms with van der Waals surface area (Å²) in [5, 5.41) is 18.1. The van der Waals surface area contributed by atoms with Crippen LogP contribution in [0.1, 0.15) is 56.9 Å². The number of hydrogen-bond donors (Lipinski definition) is 1. The Bertz CT molecular complexity index is 2900. The van der Waals surface area contributed by atoms with E-state index >= 15 is 0 Å². The lowest BCUT2D eigenvalue weighted by molar-refractivity contribution is -0.145. The minimum atomic E-state index is -0.508. The maximum atomic E-state index is 14.0. The number of fused-ring (bicyclic) bond motifs is 4. The third-order valence-electron chi connectivity index (χ3n) is 11.8. The van der Waals surface area contributed by atoms with Gasteiger partial charge in [0, 0.05) is 64.7 Å². The van der Waals surface area contributed by atoms with Gasteiger partial charge in [-0.05, 0) is 73.0 Å². The summed E-state index contributed by atoms with van der Waals surface area (Å²) in [7, 11) is 0. The molecular weight excluding hydrogens is 880 g/mol. The normalized spacial score (nSPS) is 14.9. The molecule has 0 aliphatic carbocycles. The number of rotatable bonds is 14. The molecule has 332 valence electrons. The molecule has 13 nitrogen and oxygen atoms in total. The molecule has 65 heavy (non-hydrogen) atoms. The summed E-state index contributed by atoms with van der Waals surface area (Å²) < 4.78 is 13.6. The highest BCUT2D eigenvalue weighted by Crippen LogP contribution is 2.40. The van der Waals surface area contributed by atoms with Gasteiger partial charge in [-0.3, -0.25) is 28.8 Å². The van der Waals surface area contributed by atoms with Gasteiger partial charge in [0.2, 0.25) is 11.8 Å². The maximum Gasteiger partial charge on any atom is 0.325 e. The number of amides is 2. The van der Waals surface area contributed by atoms with Crippen LogP contribution in [-0.4, -0.2) is 98.9 Å². The molecule has 1 saturated heterocycles. The predicted molar refractivity (Wildman–Crippen MR) is 254 cm³/mol. The van der Waals surface area contributed by atoms with E-state index in [1.807, 2.05) is 96.1 Å². The number of nitrogens with one attached hydrogen (secondary N) is 1. The first-order valence-electron chi connectivity index (χ1n) is 21.5. The van der Waals surface area contributed by atoms with Crippen LogP contribution in [0.2, 0.25) is 5.02 Å². The van der Waals surface area contributed by atoms with Gasteiger partial charge in [0.25, 0.3) is 0 Å². The smallest absolute Gasteiger partial charge is 0.325 e. The number of nitrogens with zero attached hydrogens (tertiary/aromatic N) is 7. The van der Waals surface area contributed by atoms with Gasteiger partial charge in [-0.2, -0.15) is 0 Å². The largest absolute Gasteiger partial charge is 0.492 e.